The lowest BCUT2D eigenvalue weighted by molar-refractivity contribution is 0.0115. The molecule has 0 radical (unpaired) electrons. The molecule has 2 aliphatic heterocycles. The average molecular weight is 445 g/mol. The molecule has 2 aromatic heterocycles. The Morgan fingerprint density at radius 2 is 1.76 bits per heavy atom. The molecule has 0 aliphatic carbocycles. The summed E-state index contributed by atoms with van der Waals surface area (Å²) in [5.41, 5.74) is 10.6. The number of H-pyrrole nitrogens is 2. The maximum absolute atomic E-state index is 12.8. The topological polar surface area (TPSA) is 103 Å². The van der Waals surface area contributed by atoms with Gasteiger partial charge in [-0.25, -0.2) is 4.98 Å². The molecule has 0 atom stereocenters. The summed E-state index contributed by atoms with van der Waals surface area (Å²) in [5.74, 6) is 0.498. The summed E-state index contributed by atoms with van der Waals surface area (Å²) in [5, 5.41) is 0.816. The Bertz CT molecular complexity index is 1360. The number of benzene rings is 2. The average Bonchev–Trinajstić information content (AvgIpc) is 3.27. The Kier molecular flexibility index (Phi) is 5.04. The number of aromatic amines is 2. The number of pyridine rings is 1. The molecular weight excluding hydrogens is 416 g/mol. The second-order valence-corrected chi connectivity index (χ2v) is 8.94. The highest BCUT2D eigenvalue weighted by Crippen LogP contribution is 2.30. The van der Waals surface area contributed by atoms with Gasteiger partial charge in [-0.2, -0.15) is 0 Å². The van der Waals surface area contributed by atoms with Crippen LogP contribution in [0.4, 0.5) is 11.4 Å². The van der Waals surface area contributed by atoms with Crippen molar-refractivity contribution in [2.24, 2.45) is 0 Å². The minimum absolute atomic E-state index is 0.240. The molecule has 2 aliphatic rings. The van der Waals surface area contributed by atoms with Crippen molar-refractivity contribution >= 4 is 33.3 Å². The minimum atomic E-state index is -0.240. The second kappa shape index (κ2) is 8.20. The molecular formula is C25H28N6O2. The molecule has 0 unspecified atom stereocenters. The van der Waals surface area contributed by atoms with E-state index in [1.807, 2.05) is 30.3 Å². The van der Waals surface area contributed by atoms with Crippen LogP contribution in [-0.4, -0.2) is 65.3 Å². The summed E-state index contributed by atoms with van der Waals surface area (Å²) in [7, 11) is 0. The number of nitrogen functional groups attached to an aromatic ring is 1. The Morgan fingerprint density at radius 3 is 2.58 bits per heavy atom. The quantitative estimate of drug-likeness (QED) is 0.449. The van der Waals surface area contributed by atoms with Crippen molar-refractivity contribution in [3.63, 3.8) is 0 Å². The van der Waals surface area contributed by atoms with E-state index in [1.165, 1.54) is 5.69 Å². The molecule has 2 aromatic carbocycles. The number of morpholine rings is 1. The predicted molar refractivity (Wildman–Crippen MR) is 132 cm³/mol. The van der Waals surface area contributed by atoms with E-state index in [1.54, 1.807) is 0 Å². The van der Waals surface area contributed by atoms with Gasteiger partial charge < -0.3 is 25.3 Å². The van der Waals surface area contributed by atoms with Crippen molar-refractivity contribution in [2.45, 2.75) is 18.9 Å². The van der Waals surface area contributed by atoms with Gasteiger partial charge in [0.1, 0.15) is 11.4 Å². The van der Waals surface area contributed by atoms with Gasteiger partial charge >= 0.3 is 0 Å². The van der Waals surface area contributed by atoms with Crippen LogP contribution < -0.4 is 16.2 Å². The van der Waals surface area contributed by atoms with Gasteiger partial charge in [-0.3, -0.25) is 9.69 Å². The van der Waals surface area contributed by atoms with E-state index in [4.69, 9.17) is 10.5 Å². The van der Waals surface area contributed by atoms with Gasteiger partial charge in [-0.1, -0.05) is 18.2 Å². The van der Waals surface area contributed by atoms with Gasteiger partial charge in [0.25, 0.3) is 5.56 Å². The van der Waals surface area contributed by atoms with Gasteiger partial charge in [0, 0.05) is 43.3 Å². The number of nitrogens with one attached hydrogen (secondary N) is 2. The third kappa shape index (κ3) is 3.65. The molecule has 170 valence electrons. The van der Waals surface area contributed by atoms with Crippen molar-refractivity contribution in [1.82, 2.24) is 19.9 Å². The van der Waals surface area contributed by atoms with Crippen LogP contribution in [0.5, 0.6) is 0 Å². The maximum Gasteiger partial charge on any atom is 0.261 e. The number of nitrogens with two attached hydrogens (primary N) is 1. The van der Waals surface area contributed by atoms with E-state index in [0.29, 0.717) is 23.1 Å². The van der Waals surface area contributed by atoms with Gasteiger partial charge in [-0.15, -0.1) is 0 Å². The molecule has 6 rings (SSSR count). The van der Waals surface area contributed by atoms with E-state index in [9.17, 15) is 4.79 Å². The summed E-state index contributed by atoms with van der Waals surface area (Å²) in [6.45, 7) is 5.86. The lowest BCUT2D eigenvalue weighted by Crippen LogP contribution is -2.49. The highest BCUT2D eigenvalue weighted by molar-refractivity contribution is 5.97. The molecule has 0 saturated carbocycles. The van der Waals surface area contributed by atoms with E-state index >= 15 is 0 Å². The van der Waals surface area contributed by atoms with Crippen LogP contribution in [0.2, 0.25) is 0 Å². The van der Waals surface area contributed by atoms with Crippen molar-refractivity contribution < 1.29 is 4.74 Å². The van der Waals surface area contributed by atoms with Crippen LogP contribution in [0.25, 0.3) is 33.3 Å². The zero-order valence-electron chi connectivity index (χ0n) is 18.5. The first kappa shape index (κ1) is 20.3. The van der Waals surface area contributed by atoms with E-state index in [-0.39, 0.29) is 5.56 Å². The van der Waals surface area contributed by atoms with Crippen molar-refractivity contribution in [1.29, 1.82) is 0 Å². The number of aromatic nitrogens is 3. The zero-order chi connectivity index (χ0) is 22.4. The molecule has 4 N–H and O–H groups in total. The fourth-order valence-corrected chi connectivity index (χ4v) is 5.25. The van der Waals surface area contributed by atoms with Gasteiger partial charge in [0.15, 0.2) is 0 Å². The molecule has 0 amide bonds. The summed E-state index contributed by atoms with van der Waals surface area (Å²) in [6, 6.07) is 14.5. The second-order valence-electron chi connectivity index (χ2n) is 8.94. The fraction of sp³-hybridized carbons (Fsp3) is 0.360. The van der Waals surface area contributed by atoms with E-state index in [2.05, 4.69) is 36.9 Å². The molecule has 0 spiro atoms. The van der Waals surface area contributed by atoms with Gasteiger partial charge in [0.05, 0.1) is 35.5 Å². The molecule has 4 heterocycles. The number of ether oxygens (including phenoxy) is 1. The monoisotopic (exact) mass is 444 g/mol. The van der Waals surface area contributed by atoms with Gasteiger partial charge in [0.2, 0.25) is 0 Å². The number of nitrogens with zero attached hydrogens (tertiary/aromatic N) is 3. The molecule has 33 heavy (non-hydrogen) atoms. The Morgan fingerprint density at radius 1 is 0.970 bits per heavy atom. The SMILES string of the molecule is Nc1c(-c2nc3ccc(N4CCC(N5CCOCC5)CC4)cc3[nH]2)c(=O)[nH]c2ccccc12. The van der Waals surface area contributed by atoms with Crippen molar-refractivity contribution in [3.8, 4) is 11.4 Å². The maximum atomic E-state index is 12.8. The highest BCUT2D eigenvalue weighted by Gasteiger charge is 2.26. The number of hydrogen-bond acceptors (Lipinski definition) is 6. The number of imidazole rings is 1. The third-order valence-electron chi connectivity index (χ3n) is 7.06. The van der Waals surface area contributed by atoms with Crippen LogP contribution in [0.15, 0.2) is 47.3 Å². The largest absolute Gasteiger partial charge is 0.397 e. The summed E-state index contributed by atoms with van der Waals surface area (Å²) < 4.78 is 5.50. The normalized spacial score (nSPS) is 18.4. The van der Waals surface area contributed by atoms with Gasteiger partial charge in [-0.05, 0) is 37.1 Å². The first-order valence-corrected chi connectivity index (χ1v) is 11.6. The molecule has 2 saturated heterocycles. The van der Waals surface area contributed by atoms with Crippen LogP contribution in [0, 0.1) is 0 Å². The third-order valence-corrected chi connectivity index (χ3v) is 7.06. The number of para-hydroxylation sites is 1. The molecule has 0 bridgehead atoms. The number of rotatable bonds is 3. The minimum Gasteiger partial charge on any atom is -0.397 e. The smallest absolute Gasteiger partial charge is 0.261 e. The molecule has 8 heteroatoms. The van der Waals surface area contributed by atoms with Crippen LogP contribution in [-0.2, 0) is 4.74 Å². The Balaban J connectivity index is 1.27. The van der Waals surface area contributed by atoms with Crippen molar-refractivity contribution in [3.05, 3.63) is 52.8 Å². The number of hydrogen-bond donors (Lipinski definition) is 3. The predicted octanol–water partition coefficient (Wildman–Crippen LogP) is 2.95. The standard InChI is InChI=1S/C25H28N6O2/c26-23-18-3-1-2-4-19(18)29-25(32)22(23)24-27-20-6-5-17(15-21(20)28-24)30-9-7-16(8-10-30)31-11-13-33-14-12-31/h1-6,15-16H,7-14H2,(H,27,28)(H3,26,29,32). The number of anilines is 2. The molecule has 4 aromatic rings. The number of fused-ring (bicyclic) bond motifs is 2. The fourth-order valence-electron chi connectivity index (χ4n) is 5.25. The molecule has 2 fully saturated rings. The molecule has 8 nitrogen and oxygen atoms in total. The summed E-state index contributed by atoms with van der Waals surface area (Å²) >= 11 is 0. The Hall–Kier alpha value is -3.36. The van der Waals surface area contributed by atoms with Crippen LogP contribution in [0.3, 0.4) is 0 Å². The van der Waals surface area contributed by atoms with Crippen molar-refractivity contribution in [2.75, 3.05) is 50.0 Å². The lowest BCUT2D eigenvalue weighted by atomic mass is 10.0. The summed E-state index contributed by atoms with van der Waals surface area (Å²) in [6.07, 6.45) is 2.32. The van der Waals surface area contributed by atoms with E-state index < -0.39 is 0 Å². The highest BCUT2D eigenvalue weighted by atomic mass is 16.5. The van der Waals surface area contributed by atoms with Crippen LogP contribution in [0.1, 0.15) is 12.8 Å². The first-order valence-electron chi connectivity index (χ1n) is 11.6. The summed E-state index contributed by atoms with van der Waals surface area (Å²) in [4.78, 5) is 28.7. The van der Waals surface area contributed by atoms with Crippen LogP contribution >= 0.6 is 0 Å². The first-order chi connectivity index (χ1) is 16.2. The number of piperidine rings is 1. The lowest BCUT2D eigenvalue weighted by Gasteiger charge is -2.40. The van der Waals surface area contributed by atoms with E-state index in [0.717, 1.165) is 74.2 Å². The Labute approximate surface area is 191 Å². The zero-order valence-corrected chi connectivity index (χ0v) is 18.5.